The van der Waals surface area contributed by atoms with Crippen LogP contribution in [0.4, 0.5) is 0 Å². The van der Waals surface area contributed by atoms with E-state index in [0.717, 1.165) is 22.4 Å². The number of aliphatic hydroxyl groups is 1. The van der Waals surface area contributed by atoms with Crippen molar-refractivity contribution in [1.29, 1.82) is 0 Å². The number of likely N-dealkylation sites (N-methyl/N-ethyl adjacent to an activating group) is 1. The third-order valence-electron chi connectivity index (χ3n) is 4.22. The summed E-state index contributed by atoms with van der Waals surface area (Å²) in [5.41, 5.74) is 1.81. The van der Waals surface area contributed by atoms with Gasteiger partial charge in [-0.3, -0.25) is 9.69 Å². The largest absolute Gasteiger partial charge is 0.392 e. The van der Waals surface area contributed by atoms with Gasteiger partial charge in [0.15, 0.2) is 0 Å². The molecule has 0 aliphatic heterocycles. The normalized spacial score (nSPS) is 12.6. The molecule has 0 spiro atoms. The van der Waals surface area contributed by atoms with Gasteiger partial charge in [-0.25, -0.2) is 4.98 Å². The van der Waals surface area contributed by atoms with Crippen LogP contribution in [0.1, 0.15) is 18.7 Å². The van der Waals surface area contributed by atoms with Crippen LogP contribution in [0.3, 0.4) is 0 Å². The Kier molecular flexibility index (Phi) is 5.98. The fourth-order valence-corrected chi connectivity index (χ4v) is 3.95. The monoisotopic (exact) mass is 369 g/mol. The number of hydrogen-bond donors (Lipinski definition) is 2. The smallest absolute Gasteiger partial charge is 0.260 e. The van der Waals surface area contributed by atoms with Crippen molar-refractivity contribution < 1.29 is 5.11 Å². The molecule has 0 aliphatic rings. The molecule has 0 radical (unpaired) electrons. The van der Waals surface area contributed by atoms with Gasteiger partial charge in [0.2, 0.25) is 0 Å². The van der Waals surface area contributed by atoms with Gasteiger partial charge in [-0.2, -0.15) is 0 Å². The number of rotatable bonds is 8. The Morgan fingerprint density at radius 1 is 1.38 bits per heavy atom. The first-order valence-electron chi connectivity index (χ1n) is 8.61. The van der Waals surface area contributed by atoms with Gasteiger partial charge >= 0.3 is 0 Å². The summed E-state index contributed by atoms with van der Waals surface area (Å²) in [4.78, 5) is 22.8. The molecule has 0 aliphatic carbocycles. The number of aliphatic hydroxyl groups excluding tert-OH is 1. The number of aromatic nitrogens is 2. The van der Waals surface area contributed by atoms with E-state index in [1.54, 1.807) is 6.08 Å². The van der Waals surface area contributed by atoms with Crippen LogP contribution in [0.5, 0.6) is 0 Å². The molecule has 26 heavy (non-hydrogen) atoms. The molecule has 5 nitrogen and oxygen atoms in total. The van der Waals surface area contributed by atoms with Crippen LogP contribution < -0.4 is 5.56 Å². The lowest BCUT2D eigenvalue weighted by Crippen LogP contribution is -2.30. The second-order valence-electron chi connectivity index (χ2n) is 6.42. The van der Waals surface area contributed by atoms with Crippen LogP contribution in [0.2, 0.25) is 0 Å². The predicted molar refractivity (Wildman–Crippen MR) is 107 cm³/mol. The summed E-state index contributed by atoms with van der Waals surface area (Å²) in [5.74, 6) is 0.613. The van der Waals surface area contributed by atoms with Crippen LogP contribution in [0.25, 0.3) is 21.3 Å². The number of hydrogen-bond acceptors (Lipinski definition) is 5. The molecule has 3 rings (SSSR count). The molecular weight excluding hydrogens is 346 g/mol. The standard InChI is InChI=1S/C20H23N3O2S/c1-3-4-10-15(24)11-23(2)12-17-21-19(25)18-16(13-26-20(18)22-17)14-8-6-5-7-9-14/h3,5-9,13,15,24H,1,4,10-12H2,2H3,(H,21,22,25). The van der Waals surface area contributed by atoms with Gasteiger partial charge in [-0.15, -0.1) is 17.9 Å². The first-order chi connectivity index (χ1) is 12.6. The zero-order chi connectivity index (χ0) is 18.5. The minimum absolute atomic E-state index is 0.120. The summed E-state index contributed by atoms with van der Waals surface area (Å²) >= 11 is 1.48. The Morgan fingerprint density at radius 3 is 2.88 bits per heavy atom. The van der Waals surface area contributed by atoms with Gasteiger partial charge in [0, 0.05) is 17.5 Å². The van der Waals surface area contributed by atoms with E-state index in [1.807, 2.05) is 47.7 Å². The Labute approximate surface area is 156 Å². The lowest BCUT2D eigenvalue weighted by atomic mass is 10.1. The van der Waals surface area contributed by atoms with Crippen LogP contribution in [0, 0.1) is 0 Å². The van der Waals surface area contributed by atoms with Gasteiger partial charge in [0.1, 0.15) is 10.7 Å². The molecular formula is C20H23N3O2S. The molecule has 0 amide bonds. The summed E-state index contributed by atoms with van der Waals surface area (Å²) in [6, 6.07) is 9.86. The summed E-state index contributed by atoms with van der Waals surface area (Å²) in [5, 5.41) is 12.6. The van der Waals surface area contributed by atoms with E-state index in [1.165, 1.54) is 11.3 Å². The Balaban J connectivity index is 1.80. The zero-order valence-corrected chi connectivity index (χ0v) is 15.6. The van der Waals surface area contributed by atoms with Crippen LogP contribution in [-0.4, -0.2) is 39.7 Å². The molecule has 2 N–H and O–H groups in total. The summed E-state index contributed by atoms with van der Waals surface area (Å²) in [7, 11) is 1.91. The Bertz CT molecular complexity index is 933. The van der Waals surface area contributed by atoms with Crippen molar-refractivity contribution in [2.45, 2.75) is 25.5 Å². The molecule has 1 unspecified atom stereocenters. The lowest BCUT2D eigenvalue weighted by molar-refractivity contribution is 0.115. The SMILES string of the molecule is C=CCCC(O)CN(C)Cc1nc2scc(-c3ccccc3)c2c(=O)[nH]1. The maximum atomic E-state index is 12.6. The fraction of sp³-hybridized carbons (Fsp3) is 0.300. The highest BCUT2D eigenvalue weighted by atomic mass is 32.1. The van der Waals surface area contributed by atoms with Crippen molar-refractivity contribution in [3.05, 3.63) is 64.5 Å². The number of H-pyrrole nitrogens is 1. The van der Waals surface area contributed by atoms with Gasteiger partial charge in [0.05, 0.1) is 18.0 Å². The number of allylic oxidation sites excluding steroid dienone is 1. The number of aromatic amines is 1. The Hall–Kier alpha value is -2.28. The minimum Gasteiger partial charge on any atom is -0.392 e. The third kappa shape index (κ3) is 4.27. The van der Waals surface area contributed by atoms with Gasteiger partial charge < -0.3 is 10.1 Å². The molecule has 2 aromatic heterocycles. The first-order valence-corrected chi connectivity index (χ1v) is 9.49. The van der Waals surface area contributed by atoms with Gasteiger partial charge in [-0.05, 0) is 25.5 Å². The van der Waals surface area contributed by atoms with Gasteiger partial charge in [0.25, 0.3) is 5.56 Å². The first kappa shape index (κ1) is 18.5. The molecule has 3 aromatic rings. The molecule has 0 bridgehead atoms. The van der Waals surface area contributed by atoms with E-state index in [-0.39, 0.29) is 5.56 Å². The summed E-state index contributed by atoms with van der Waals surface area (Å²) in [6.45, 7) is 4.67. The minimum atomic E-state index is -0.417. The van der Waals surface area contributed by atoms with Crippen molar-refractivity contribution in [2.24, 2.45) is 0 Å². The van der Waals surface area contributed by atoms with Gasteiger partial charge in [-0.1, -0.05) is 36.4 Å². The van der Waals surface area contributed by atoms with E-state index in [9.17, 15) is 9.90 Å². The van der Waals surface area contributed by atoms with Crippen molar-refractivity contribution in [1.82, 2.24) is 14.9 Å². The van der Waals surface area contributed by atoms with Crippen LogP contribution in [-0.2, 0) is 6.54 Å². The molecule has 2 heterocycles. The van der Waals surface area contributed by atoms with E-state index < -0.39 is 6.10 Å². The quantitative estimate of drug-likeness (QED) is 0.597. The molecule has 6 heteroatoms. The number of thiophene rings is 1. The highest BCUT2D eigenvalue weighted by Crippen LogP contribution is 2.30. The van der Waals surface area contributed by atoms with Crippen molar-refractivity contribution in [2.75, 3.05) is 13.6 Å². The van der Waals surface area contributed by atoms with Crippen molar-refractivity contribution >= 4 is 21.6 Å². The molecule has 0 saturated heterocycles. The summed E-state index contributed by atoms with van der Waals surface area (Å²) in [6.07, 6.45) is 2.85. The number of benzene rings is 1. The molecule has 1 aromatic carbocycles. The highest BCUT2D eigenvalue weighted by molar-refractivity contribution is 7.17. The number of fused-ring (bicyclic) bond motifs is 1. The topological polar surface area (TPSA) is 69.2 Å². The lowest BCUT2D eigenvalue weighted by Gasteiger charge is -2.19. The van der Waals surface area contributed by atoms with E-state index in [0.29, 0.717) is 30.7 Å². The molecule has 1 atom stereocenters. The van der Waals surface area contributed by atoms with Crippen LogP contribution >= 0.6 is 11.3 Å². The summed E-state index contributed by atoms with van der Waals surface area (Å²) < 4.78 is 0. The average Bonchev–Trinajstić information content (AvgIpc) is 3.05. The number of nitrogens with one attached hydrogen (secondary N) is 1. The third-order valence-corrected chi connectivity index (χ3v) is 5.10. The maximum absolute atomic E-state index is 12.6. The van der Waals surface area contributed by atoms with Crippen molar-refractivity contribution in [3.63, 3.8) is 0 Å². The fourth-order valence-electron chi connectivity index (χ4n) is 2.98. The average molecular weight is 369 g/mol. The van der Waals surface area contributed by atoms with E-state index >= 15 is 0 Å². The molecule has 0 saturated carbocycles. The van der Waals surface area contributed by atoms with E-state index in [2.05, 4.69) is 16.5 Å². The van der Waals surface area contributed by atoms with Crippen molar-refractivity contribution in [3.8, 4) is 11.1 Å². The molecule has 136 valence electrons. The second-order valence-corrected chi connectivity index (χ2v) is 7.28. The van der Waals surface area contributed by atoms with E-state index in [4.69, 9.17) is 0 Å². The second kappa shape index (κ2) is 8.40. The maximum Gasteiger partial charge on any atom is 0.260 e. The predicted octanol–water partition coefficient (Wildman–Crippen LogP) is 3.41. The van der Waals surface area contributed by atoms with Crippen LogP contribution in [0.15, 0.2) is 53.2 Å². The number of nitrogens with zero attached hydrogens (tertiary/aromatic N) is 2. The molecule has 0 fully saturated rings. The highest BCUT2D eigenvalue weighted by Gasteiger charge is 2.14. The zero-order valence-electron chi connectivity index (χ0n) is 14.8. The Morgan fingerprint density at radius 2 is 2.15 bits per heavy atom.